The Morgan fingerprint density at radius 2 is 1.69 bits per heavy atom. The summed E-state index contributed by atoms with van der Waals surface area (Å²) in [5, 5.41) is 12.3. The molecule has 0 radical (unpaired) electrons. The summed E-state index contributed by atoms with van der Waals surface area (Å²) in [5.41, 5.74) is 2.55. The fourth-order valence-electron chi connectivity index (χ4n) is 4.66. The minimum Gasteiger partial charge on any atom is -0.497 e. The average Bonchev–Trinajstić information content (AvgIpc) is 3.02. The molecule has 1 aliphatic rings. The standard InChI is InChI=1S/C29H28N4O4S.C2HF3O2/c1-37-26-12-10-24-11-13-27(16-25(24)15-26)38(35,36)33(19-21-6-3-2-4-7-21)28-20-32(29(28)34)18-23-9-5-8-22(14-23)17-31-30;3-2(4,5)1(6)7/h2-17,28H,18-20,30H2,1H3;(H,6,7)/t28-;/m0./s1. The molecular weight excluding hydrogens is 613 g/mol. The van der Waals surface area contributed by atoms with Crippen molar-refractivity contribution in [2.24, 2.45) is 10.9 Å². The van der Waals surface area contributed by atoms with Crippen LogP contribution < -0.4 is 10.6 Å². The van der Waals surface area contributed by atoms with Gasteiger partial charge in [0.2, 0.25) is 15.9 Å². The molecule has 14 heteroatoms. The lowest BCUT2D eigenvalue weighted by atomic mass is 10.0. The van der Waals surface area contributed by atoms with Crippen molar-refractivity contribution in [1.29, 1.82) is 0 Å². The number of fused-ring (bicyclic) bond motifs is 1. The number of carboxylic acids is 1. The van der Waals surface area contributed by atoms with Crippen molar-refractivity contribution in [1.82, 2.24) is 9.21 Å². The maximum Gasteiger partial charge on any atom is 0.490 e. The van der Waals surface area contributed by atoms with Gasteiger partial charge in [-0.1, -0.05) is 60.7 Å². The van der Waals surface area contributed by atoms with Crippen LogP contribution in [0.3, 0.4) is 0 Å². The fourth-order valence-corrected chi connectivity index (χ4v) is 6.26. The molecular formula is C31H29F3N4O6S. The molecule has 1 fully saturated rings. The van der Waals surface area contributed by atoms with E-state index in [0.29, 0.717) is 18.8 Å². The number of aliphatic carboxylic acids is 1. The molecule has 1 amide bonds. The van der Waals surface area contributed by atoms with E-state index in [1.807, 2.05) is 66.7 Å². The maximum atomic E-state index is 14.0. The first kappa shape index (κ1) is 33.0. The molecule has 4 aromatic rings. The van der Waals surface area contributed by atoms with Crippen LogP contribution >= 0.6 is 0 Å². The van der Waals surface area contributed by atoms with Gasteiger partial charge in [-0.2, -0.15) is 22.6 Å². The number of β-lactam (4-membered cyclic amide) rings is 1. The third kappa shape index (κ3) is 7.96. The van der Waals surface area contributed by atoms with Crippen molar-refractivity contribution in [2.45, 2.75) is 30.2 Å². The Morgan fingerprint density at radius 1 is 1.02 bits per heavy atom. The topological polar surface area (TPSA) is 143 Å². The van der Waals surface area contributed by atoms with Crippen LogP contribution in [-0.2, 0) is 32.7 Å². The number of hydrogen-bond donors (Lipinski definition) is 2. The molecule has 45 heavy (non-hydrogen) atoms. The SMILES string of the molecule is COc1ccc2ccc(S(=O)(=O)N(Cc3ccccc3)[C@H]3CN(Cc4cccc(C=NN)c4)C3=O)cc2c1.O=C(O)C(F)(F)F. The van der Waals surface area contributed by atoms with Gasteiger partial charge >= 0.3 is 12.1 Å². The smallest absolute Gasteiger partial charge is 0.490 e. The highest BCUT2D eigenvalue weighted by Gasteiger charge is 2.46. The number of hydrogen-bond acceptors (Lipinski definition) is 7. The van der Waals surface area contributed by atoms with Crippen LogP contribution in [0.15, 0.2) is 101 Å². The number of methoxy groups -OCH3 is 1. The molecule has 0 bridgehead atoms. The van der Waals surface area contributed by atoms with E-state index in [2.05, 4.69) is 5.10 Å². The third-order valence-electron chi connectivity index (χ3n) is 6.93. The number of carbonyl (C=O) groups is 2. The molecule has 1 saturated heterocycles. The van der Waals surface area contributed by atoms with Crippen molar-refractivity contribution < 1.29 is 41.0 Å². The van der Waals surface area contributed by atoms with Crippen molar-refractivity contribution >= 4 is 38.9 Å². The predicted molar refractivity (Wildman–Crippen MR) is 161 cm³/mol. The molecule has 1 aliphatic heterocycles. The zero-order chi connectivity index (χ0) is 32.8. The molecule has 0 aromatic heterocycles. The number of amides is 1. The highest BCUT2D eigenvalue weighted by molar-refractivity contribution is 7.89. The van der Waals surface area contributed by atoms with E-state index in [9.17, 15) is 26.4 Å². The Bertz CT molecular complexity index is 1820. The maximum absolute atomic E-state index is 14.0. The van der Waals surface area contributed by atoms with E-state index in [-0.39, 0.29) is 17.3 Å². The summed E-state index contributed by atoms with van der Waals surface area (Å²) < 4.78 is 66.4. The van der Waals surface area contributed by atoms with Crippen LogP contribution in [0.1, 0.15) is 16.7 Å². The summed E-state index contributed by atoms with van der Waals surface area (Å²) in [5.74, 6) is 2.91. The van der Waals surface area contributed by atoms with Gasteiger partial charge in [-0.3, -0.25) is 4.79 Å². The number of ether oxygens (including phenoxy) is 1. The summed E-state index contributed by atoms with van der Waals surface area (Å²) in [6.45, 7) is 0.754. The fraction of sp³-hybridized carbons (Fsp3) is 0.194. The van der Waals surface area contributed by atoms with Crippen LogP contribution in [0, 0.1) is 0 Å². The van der Waals surface area contributed by atoms with Crippen LogP contribution in [0.4, 0.5) is 13.2 Å². The van der Waals surface area contributed by atoms with Gasteiger partial charge in [0.1, 0.15) is 11.8 Å². The molecule has 3 N–H and O–H groups in total. The molecule has 10 nitrogen and oxygen atoms in total. The van der Waals surface area contributed by atoms with E-state index < -0.39 is 28.2 Å². The Hall–Kier alpha value is -4.95. The van der Waals surface area contributed by atoms with Gasteiger partial charge in [0.05, 0.1) is 18.2 Å². The number of hydrazone groups is 1. The Balaban J connectivity index is 0.000000591. The second-order valence-electron chi connectivity index (χ2n) is 9.97. The molecule has 1 heterocycles. The summed E-state index contributed by atoms with van der Waals surface area (Å²) in [4.78, 5) is 24.0. The Kier molecular flexibility index (Phi) is 10.1. The monoisotopic (exact) mass is 642 g/mol. The van der Waals surface area contributed by atoms with Crippen LogP contribution in [0.5, 0.6) is 5.75 Å². The second-order valence-corrected chi connectivity index (χ2v) is 11.9. The quantitative estimate of drug-likeness (QED) is 0.119. The minimum atomic E-state index is -5.08. The summed E-state index contributed by atoms with van der Waals surface area (Å²) in [6.07, 6.45) is -3.54. The number of alkyl halides is 3. The van der Waals surface area contributed by atoms with Gasteiger partial charge in [-0.15, -0.1) is 0 Å². The Labute approximate surface area is 257 Å². The number of benzene rings is 4. The molecule has 0 unspecified atom stereocenters. The number of carboxylic acid groups (broad SMARTS) is 1. The normalized spacial score (nSPS) is 15.1. The van der Waals surface area contributed by atoms with Gasteiger partial charge < -0.3 is 20.6 Å². The average molecular weight is 643 g/mol. The number of halogens is 3. The van der Waals surface area contributed by atoms with E-state index in [1.165, 1.54) is 10.5 Å². The van der Waals surface area contributed by atoms with Crippen molar-refractivity contribution in [3.8, 4) is 5.75 Å². The van der Waals surface area contributed by atoms with Gasteiger partial charge in [-0.25, -0.2) is 13.2 Å². The zero-order valence-electron chi connectivity index (χ0n) is 23.9. The first-order valence-corrected chi connectivity index (χ1v) is 14.8. The highest BCUT2D eigenvalue weighted by Crippen LogP contribution is 2.30. The number of rotatable bonds is 9. The van der Waals surface area contributed by atoms with Crippen LogP contribution in [0.25, 0.3) is 10.8 Å². The van der Waals surface area contributed by atoms with Crippen LogP contribution in [0.2, 0.25) is 0 Å². The summed E-state index contributed by atoms with van der Waals surface area (Å²) in [7, 11) is -2.43. The molecule has 5 rings (SSSR count). The number of carbonyl (C=O) groups excluding carboxylic acids is 1. The van der Waals surface area contributed by atoms with E-state index in [0.717, 1.165) is 27.5 Å². The predicted octanol–water partition coefficient (Wildman–Crippen LogP) is 4.38. The summed E-state index contributed by atoms with van der Waals surface area (Å²) >= 11 is 0. The van der Waals surface area contributed by atoms with E-state index >= 15 is 0 Å². The number of likely N-dealkylation sites (tertiary alicyclic amines) is 1. The second kappa shape index (κ2) is 13.8. The van der Waals surface area contributed by atoms with Crippen molar-refractivity contribution in [3.63, 3.8) is 0 Å². The zero-order valence-corrected chi connectivity index (χ0v) is 24.7. The van der Waals surface area contributed by atoms with Crippen molar-refractivity contribution in [2.75, 3.05) is 13.7 Å². The molecule has 4 aromatic carbocycles. The van der Waals surface area contributed by atoms with Gasteiger partial charge in [0.25, 0.3) is 0 Å². The molecule has 236 valence electrons. The van der Waals surface area contributed by atoms with E-state index in [1.54, 1.807) is 36.3 Å². The van der Waals surface area contributed by atoms with Gasteiger partial charge in [0, 0.05) is 19.6 Å². The number of nitrogens with zero attached hydrogens (tertiary/aromatic N) is 3. The lowest BCUT2D eigenvalue weighted by Crippen LogP contribution is -2.64. The minimum absolute atomic E-state index is 0.0893. The highest BCUT2D eigenvalue weighted by atomic mass is 32.2. The molecule has 0 saturated carbocycles. The van der Waals surface area contributed by atoms with Crippen LogP contribution in [-0.4, -0.2) is 66.7 Å². The first-order valence-electron chi connectivity index (χ1n) is 13.4. The number of nitrogens with two attached hydrogens (primary N) is 1. The lowest BCUT2D eigenvalue weighted by molar-refractivity contribution is -0.192. The summed E-state index contributed by atoms with van der Waals surface area (Å²) in [6, 6.07) is 26.6. The molecule has 1 atom stereocenters. The van der Waals surface area contributed by atoms with Gasteiger partial charge in [-0.05, 0) is 57.8 Å². The molecule has 0 spiro atoms. The largest absolute Gasteiger partial charge is 0.497 e. The molecule has 0 aliphatic carbocycles. The first-order chi connectivity index (χ1) is 21.3. The third-order valence-corrected chi connectivity index (χ3v) is 8.79. The van der Waals surface area contributed by atoms with Crippen molar-refractivity contribution in [3.05, 3.63) is 108 Å². The Morgan fingerprint density at radius 3 is 2.31 bits per heavy atom. The lowest BCUT2D eigenvalue weighted by Gasteiger charge is -2.43. The van der Waals surface area contributed by atoms with Gasteiger partial charge in [0.15, 0.2) is 0 Å². The van der Waals surface area contributed by atoms with E-state index in [4.69, 9.17) is 20.5 Å². The number of sulfonamides is 1.